The van der Waals surface area contributed by atoms with Crippen molar-refractivity contribution in [1.82, 2.24) is 15.0 Å². The van der Waals surface area contributed by atoms with Crippen LogP contribution >= 0.6 is 11.3 Å². The SMILES string of the molecule is CCC(N)Cc1nc(-c2cnccn2)cs1. The molecule has 0 amide bonds. The summed E-state index contributed by atoms with van der Waals surface area (Å²) >= 11 is 1.63. The van der Waals surface area contributed by atoms with E-state index in [1.165, 1.54) is 0 Å². The van der Waals surface area contributed by atoms with Crippen LogP contribution in [0.15, 0.2) is 24.0 Å². The first-order valence-electron chi connectivity index (χ1n) is 5.26. The summed E-state index contributed by atoms with van der Waals surface area (Å²) in [7, 11) is 0. The van der Waals surface area contributed by atoms with Gasteiger partial charge < -0.3 is 5.73 Å². The second kappa shape index (κ2) is 5.14. The van der Waals surface area contributed by atoms with Gasteiger partial charge in [0.05, 0.1) is 11.2 Å². The highest BCUT2D eigenvalue weighted by molar-refractivity contribution is 7.09. The van der Waals surface area contributed by atoms with Gasteiger partial charge in [0.1, 0.15) is 11.4 Å². The average Bonchev–Trinajstić information content (AvgIpc) is 2.78. The Morgan fingerprint density at radius 2 is 2.25 bits per heavy atom. The molecule has 2 rings (SSSR count). The molecule has 0 bridgehead atoms. The molecule has 2 heterocycles. The molecule has 0 aliphatic carbocycles. The van der Waals surface area contributed by atoms with E-state index >= 15 is 0 Å². The van der Waals surface area contributed by atoms with Crippen molar-refractivity contribution in [2.45, 2.75) is 25.8 Å². The zero-order valence-electron chi connectivity index (χ0n) is 9.13. The first-order chi connectivity index (χ1) is 7.79. The zero-order chi connectivity index (χ0) is 11.4. The van der Waals surface area contributed by atoms with Crippen LogP contribution in [0.3, 0.4) is 0 Å². The second-order valence-electron chi connectivity index (χ2n) is 3.59. The number of aromatic nitrogens is 3. The van der Waals surface area contributed by atoms with Crippen molar-refractivity contribution >= 4 is 11.3 Å². The molecular weight excluding hydrogens is 220 g/mol. The zero-order valence-corrected chi connectivity index (χ0v) is 9.94. The Morgan fingerprint density at radius 3 is 2.94 bits per heavy atom. The molecule has 2 aromatic heterocycles. The highest BCUT2D eigenvalue weighted by atomic mass is 32.1. The second-order valence-corrected chi connectivity index (χ2v) is 4.53. The van der Waals surface area contributed by atoms with Crippen LogP contribution < -0.4 is 5.73 Å². The highest BCUT2D eigenvalue weighted by Crippen LogP contribution is 2.19. The van der Waals surface area contributed by atoms with Crippen LogP contribution in [-0.4, -0.2) is 21.0 Å². The molecule has 0 aromatic carbocycles. The Bertz CT molecular complexity index is 440. The highest BCUT2D eigenvalue weighted by Gasteiger charge is 2.08. The summed E-state index contributed by atoms with van der Waals surface area (Å²) in [4.78, 5) is 12.7. The number of nitrogens with two attached hydrogens (primary N) is 1. The Morgan fingerprint density at radius 1 is 1.38 bits per heavy atom. The third-order valence-corrected chi connectivity index (χ3v) is 3.21. The number of thiazole rings is 1. The summed E-state index contributed by atoms with van der Waals surface area (Å²) in [6.45, 7) is 2.09. The molecule has 1 atom stereocenters. The fraction of sp³-hybridized carbons (Fsp3) is 0.364. The van der Waals surface area contributed by atoms with Crippen molar-refractivity contribution in [3.8, 4) is 11.4 Å². The molecule has 1 unspecified atom stereocenters. The number of hydrogen-bond donors (Lipinski definition) is 1. The van der Waals surface area contributed by atoms with E-state index in [0.29, 0.717) is 0 Å². The standard InChI is InChI=1S/C11H14N4S/c1-2-8(12)5-11-15-10(7-16-11)9-6-13-3-4-14-9/h3-4,6-8H,2,5,12H2,1H3. The van der Waals surface area contributed by atoms with Crippen molar-refractivity contribution < 1.29 is 0 Å². The molecule has 0 aliphatic rings. The molecule has 2 aromatic rings. The van der Waals surface area contributed by atoms with Crippen LogP contribution in [0.25, 0.3) is 11.4 Å². The molecule has 2 N–H and O–H groups in total. The monoisotopic (exact) mass is 234 g/mol. The summed E-state index contributed by atoms with van der Waals surface area (Å²) in [5.41, 5.74) is 7.59. The molecule has 0 saturated heterocycles. The minimum Gasteiger partial charge on any atom is -0.327 e. The van der Waals surface area contributed by atoms with Gasteiger partial charge in [0.25, 0.3) is 0 Å². The van der Waals surface area contributed by atoms with Crippen LogP contribution in [0.5, 0.6) is 0 Å². The van der Waals surface area contributed by atoms with Crippen LogP contribution in [0.2, 0.25) is 0 Å². The first kappa shape index (κ1) is 11.2. The Labute approximate surface area is 98.6 Å². The molecule has 0 saturated carbocycles. The maximum absolute atomic E-state index is 5.89. The molecule has 16 heavy (non-hydrogen) atoms. The molecule has 0 spiro atoms. The Kier molecular flexibility index (Phi) is 3.58. The third kappa shape index (κ3) is 2.62. The molecule has 0 fully saturated rings. The maximum Gasteiger partial charge on any atom is 0.108 e. The molecule has 84 valence electrons. The van der Waals surface area contributed by atoms with E-state index < -0.39 is 0 Å². The predicted molar refractivity (Wildman–Crippen MR) is 65.1 cm³/mol. The fourth-order valence-electron chi connectivity index (χ4n) is 1.32. The van der Waals surface area contributed by atoms with Crippen molar-refractivity contribution in [2.24, 2.45) is 5.73 Å². The van der Waals surface area contributed by atoms with E-state index in [9.17, 15) is 0 Å². The van der Waals surface area contributed by atoms with E-state index in [0.717, 1.165) is 29.2 Å². The van der Waals surface area contributed by atoms with E-state index in [2.05, 4.69) is 21.9 Å². The van der Waals surface area contributed by atoms with Crippen molar-refractivity contribution in [3.63, 3.8) is 0 Å². The van der Waals surface area contributed by atoms with Gasteiger partial charge in [-0.15, -0.1) is 11.3 Å². The maximum atomic E-state index is 5.89. The minimum atomic E-state index is 0.195. The van der Waals surface area contributed by atoms with Gasteiger partial charge in [0, 0.05) is 30.2 Å². The summed E-state index contributed by atoms with van der Waals surface area (Å²) in [5, 5.41) is 3.07. The number of hydrogen-bond acceptors (Lipinski definition) is 5. The van der Waals surface area contributed by atoms with Gasteiger partial charge in [-0.3, -0.25) is 9.97 Å². The van der Waals surface area contributed by atoms with E-state index in [4.69, 9.17) is 5.73 Å². The third-order valence-electron chi connectivity index (χ3n) is 2.34. The topological polar surface area (TPSA) is 64.7 Å². The van der Waals surface area contributed by atoms with Crippen molar-refractivity contribution in [3.05, 3.63) is 29.0 Å². The fourth-order valence-corrected chi connectivity index (χ4v) is 2.20. The quantitative estimate of drug-likeness (QED) is 0.877. The van der Waals surface area contributed by atoms with Crippen molar-refractivity contribution in [2.75, 3.05) is 0 Å². The predicted octanol–water partition coefficient (Wildman–Crippen LogP) is 1.88. The molecular formula is C11H14N4S. The molecule has 0 aliphatic heterocycles. The average molecular weight is 234 g/mol. The Hall–Kier alpha value is -1.33. The lowest BCUT2D eigenvalue weighted by atomic mass is 10.2. The van der Waals surface area contributed by atoms with Crippen LogP contribution in [0.1, 0.15) is 18.4 Å². The number of nitrogens with zero attached hydrogens (tertiary/aromatic N) is 3. The van der Waals surface area contributed by atoms with Gasteiger partial charge in [-0.05, 0) is 6.42 Å². The summed E-state index contributed by atoms with van der Waals surface area (Å²) in [6, 6.07) is 0.195. The van der Waals surface area contributed by atoms with Gasteiger partial charge in [-0.1, -0.05) is 6.92 Å². The van der Waals surface area contributed by atoms with Gasteiger partial charge in [-0.25, -0.2) is 4.98 Å². The summed E-state index contributed by atoms with van der Waals surface area (Å²) in [5.74, 6) is 0. The van der Waals surface area contributed by atoms with Gasteiger partial charge >= 0.3 is 0 Å². The van der Waals surface area contributed by atoms with Gasteiger partial charge in [-0.2, -0.15) is 0 Å². The normalized spacial score (nSPS) is 12.6. The van der Waals surface area contributed by atoms with Crippen LogP contribution in [0.4, 0.5) is 0 Å². The van der Waals surface area contributed by atoms with Crippen molar-refractivity contribution in [1.29, 1.82) is 0 Å². The van der Waals surface area contributed by atoms with Gasteiger partial charge in [0.15, 0.2) is 0 Å². The largest absolute Gasteiger partial charge is 0.327 e. The molecule has 5 heteroatoms. The molecule has 4 nitrogen and oxygen atoms in total. The minimum absolute atomic E-state index is 0.195. The lowest BCUT2D eigenvalue weighted by molar-refractivity contribution is 0.644. The number of rotatable bonds is 4. The van der Waals surface area contributed by atoms with Crippen LogP contribution in [0, 0.1) is 0 Å². The van der Waals surface area contributed by atoms with E-state index in [-0.39, 0.29) is 6.04 Å². The van der Waals surface area contributed by atoms with Crippen LogP contribution in [-0.2, 0) is 6.42 Å². The Balaban J connectivity index is 2.14. The lowest BCUT2D eigenvalue weighted by Crippen LogP contribution is -2.21. The molecule has 0 radical (unpaired) electrons. The summed E-state index contributed by atoms with van der Waals surface area (Å²) < 4.78 is 0. The first-order valence-corrected chi connectivity index (χ1v) is 6.14. The van der Waals surface area contributed by atoms with E-state index in [1.807, 2.05) is 5.38 Å². The van der Waals surface area contributed by atoms with E-state index in [1.54, 1.807) is 29.9 Å². The van der Waals surface area contributed by atoms with Gasteiger partial charge in [0.2, 0.25) is 0 Å². The lowest BCUT2D eigenvalue weighted by Gasteiger charge is -2.04. The summed E-state index contributed by atoms with van der Waals surface area (Å²) in [6.07, 6.45) is 6.86. The smallest absolute Gasteiger partial charge is 0.108 e.